The van der Waals surface area contributed by atoms with Crippen molar-refractivity contribution in [2.45, 2.75) is 26.8 Å². The van der Waals surface area contributed by atoms with Crippen LogP contribution in [-0.4, -0.2) is 21.8 Å². The molecule has 0 aliphatic carbocycles. The molecule has 1 N–H and O–H groups in total. The van der Waals surface area contributed by atoms with Crippen molar-refractivity contribution in [2.24, 2.45) is 7.05 Å². The number of methoxy groups -OCH3 is 1. The number of hydrogen-bond acceptors (Lipinski definition) is 5. The molecular weight excluding hydrogens is 284 g/mol. The normalized spacial score (nSPS) is 10.5. The fourth-order valence-electron chi connectivity index (χ4n) is 2.45. The van der Waals surface area contributed by atoms with E-state index in [1.807, 2.05) is 27.0 Å². The van der Waals surface area contributed by atoms with E-state index in [1.54, 1.807) is 23.9 Å². The van der Waals surface area contributed by atoms with Gasteiger partial charge in [0.1, 0.15) is 5.69 Å². The third-order valence-electron chi connectivity index (χ3n) is 3.50. The first-order valence-corrected chi connectivity index (χ1v) is 7.05. The maximum atomic E-state index is 11.2. The molecule has 2 aromatic rings. The molecule has 0 aliphatic heterocycles. The lowest BCUT2D eigenvalue weighted by molar-refractivity contribution is -0.384. The minimum absolute atomic E-state index is 0.0703. The van der Waals surface area contributed by atoms with Crippen LogP contribution in [0.1, 0.15) is 23.7 Å². The summed E-state index contributed by atoms with van der Waals surface area (Å²) >= 11 is 0. The van der Waals surface area contributed by atoms with Crippen molar-refractivity contribution < 1.29 is 9.66 Å². The van der Waals surface area contributed by atoms with Gasteiger partial charge in [-0.05, 0) is 25.0 Å². The van der Waals surface area contributed by atoms with Gasteiger partial charge in [0.25, 0.3) is 5.69 Å². The Kier molecular flexibility index (Phi) is 4.65. The lowest BCUT2D eigenvalue weighted by Gasteiger charge is -2.09. The second-order valence-electron chi connectivity index (χ2n) is 5.04. The number of aromatic nitrogens is 2. The standard InChI is InChI=1S/C15H20N4O3/c1-5-12-11(15(22-4)18(3)17-12)9-16-13-7-6-10(2)8-14(13)19(20)21/h6-8,16H,5,9H2,1-4H3. The van der Waals surface area contributed by atoms with Crippen molar-refractivity contribution in [1.82, 2.24) is 9.78 Å². The number of ether oxygens (including phenoxy) is 1. The molecule has 0 aliphatic rings. The van der Waals surface area contributed by atoms with Gasteiger partial charge in [0.05, 0.1) is 23.3 Å². The molecule has 7 heteroatoms. The van der Waals surface area contributed by atoms with Gasteiger partial charge in [-0.3, -0.25) is 10.1 Å². The zero-order valence-corrected chi connectivity index (χ0v) is 13.2. The minimum Gasteiger partial charge on any atom is -0.481 e. The second kappa shape index (κ2) is 6.46. The van der Waals surface area contributed by atoms with Crippen LogP contribution in [0.3, 0.4) is 0 Å². The Hall–Kier alpha value is -2.57. The summed E-state index contributed by atoms with van der Waals surface area (Å²) in [4.78, 5) is 10.8. The average molecular weight is 304 g/mol. The smallest absolute Gasteiger partial charge is 0.292 e. The predicted octanol–water partition coefficient (Wildman–Crippen LogP) is 2.82. The summed E-state index contributed by atoms with van der Waals surface area (Å²) in [5.74, 6) is 0.666. The van der Waals surface area contributed by atoms with E-state index in [0.717, 1.165) is 23.2 Å². The third-order valence-corrected chi connectivity index (χ3v) is 3.50. The Labute approximate surface area is 129 Å². The van der Waals surface area contributed by atoms with Gasteiger partial charge in [-0.15, -0.1) is 0 Å². The Balaban J connectivity index is 2.29. The van der Waals surface area contributed by atoms with E-state index >= 15 is 0 Å². The summed E-state index contributed by atoms with van der Waals surface area (Å²) in [5.41, 5.74) is 3.25. The Bertz CT molecular complexity index is 694. The third kappa shape index (κ3) is 3.03. The number of benzene rings is 1. The molecule has 22 heavy (non-hydrogen) atoms. The number of nitro benzene ring substituents is 1. The number of hydrogen-bond donors (Lipinski definition) is 1. The molecule has 0 atom stereocenters. The predicted molar refractivity (Wildman–Crippen MR) is 84.3 cm³/mol. The van der Waals surface area contributed by atoms with Crippen molar-refractivity contribution in [2.75, 3.05) is 12.4 Å². The number of nitro groups is 1. The molecule has 1 aromatic carbocycles. The molecule has 0 radical (unpaired) electrons. The fraction of sp³-hybridized carbons (Fsp3) is 0.400. The van der Waals surface area contributed by atoms with Crippen molar-refractivity contribution in [3.63, 3.8) is 0 Å². The van der Waals surface area contributed by atoms with E-state index < -0.39 is 0 Å². The largest absolute Gasteiger partial charge is 0.481 e. The van der Waals surface area contributed by atoms with Crippen molar-refractivity contribution in [1.29, 1.82) is 0 Å². The van der Waals surface area contributed by atoms with E-state index in [-0.39, 0.29) is 10.6 Å². The van der Waals surface area contributed by atoms with Gasteiger partial charge in [-0.1, -0.05) is 13.0 Å². The molecule has 0 saturated carbocycles. The second-order valence-corrected chi connectivity index (χ2v) is 5.04. The van der Waals surface area contributed by atoms with E-state index in [2.05, 4.69) is 10.4 Å². The van der Waals surface area contributed by atoms with Gasteiger partial charge in [0.2, 0.25) is 5.88 Å². The molecule has 7 nitrogen and oxygen atoms in total. The molecule has 0 amide bonds. The Morgan fingerprint density at radius 3 is 2.77 bits per heavy atom. The van der Waals surface area contributed by atoms with Gasteiger partial charge < -0.3 is 10.1 Å². The van der Waals surface area contributed by atoms with Crippen LogP contribution in [0.15, 0.2) is 18.2 Å². The molecule has 0 spiro atoms. The highest BCUT2D eigenvalue weighted by atomic mass is 16.6. The first-order chi connectivity index (χ1) is 10.5. The van der Waals surface area contributed by atoms with Crippen molar-refractivity contribution in [3.8, 4) is 5.88 Å². The number of nitrogens with zero attached hydrogens (tertiary/aromatic N) is 3. The summed E-state index contributed by atoms with van der Waals surface area (Å²) < 4.78 is 7.05. The first-order valence-electron chi connectivity index (χ1n) is 7.05. The maximum absolute atomic E-state index is 11.2. The van der Waals surface area contributed by atoms with Crippen LogP contribution in [-0.2, 0) is 20.0 Å². The Morgan fingerprint density at radius 1 is 1.45 bits per heavy atom. The molecule has 1 heterocycles. The van der Waals surface area contributed by atoms with Crippen LogP contribution >= 0.6 is 0 Å². The van der Waals surface area contributed by atoms with Crippen LogP contribution < -0.4 is 10.1 Å². The highest BCUT2D eigenvalue weighted by molar-refractivity contribution is 5.62. The number of nitrogens with one attached hydrogen (secondary N) is 1. The summed E-state index contributed by atoms with van der Waals surface area (Å²) in [6.07, 6.45) is 0.768. The Morgan fingerprint density at radius 2 is 2.18 bits per heavy atom. The fourth-order valence-corrected chi connectivity index (χ4v) is 2.45. The van der Waals surface area contributed by atoms with Gasteiger partial charge in [-0.2, -0.15) is 5.10 Å². The SMILES string of the molecule is CCc1nn(C)c(OC)c1CNc1ccc(C)cc1[N+](=O)[O-]. The molecule has 118 valence electrons. The molecule has 0 unspecified atom stereocenters. The summed E-state index contributed by atoms with van der Waals surface area (Å²) in [5, 5.41) is 18.7. The molecular formula is C15H20N4O3. The number of rotatable bonds is 6. The summed E-state index contributed by atoms with van der Waals surface area (Å²) in [6, 6.07) is 5.13. The van der Waals surface area contributed by atoms with E-state index in [4.69, 9.17) is 4.74 Å². The van der Waals surface area contributed by atoms with E-state index in [1.165, 1.54) is 0 Å². The van der Waals surface area contributed by atoms with Crippen LogP contribution in [0.25, 0.3) is 0 Å². The molecule has 1 aromatic heterocycles. The highest BCUT2D eigenvalue weighted by Gasteiger charge is 2.18. The molecule has 2 rings (SSSR count). The van der Waals surface area contributed by atoms with Crippen LogP contribution in [0, 0.1) is 17.0 Å². The minimum atomic E-state index is -0.378. The molecule has 0 fully saturated rings. The van der Waals surface area contributed by atoms with E-state index in [9.17, 15) is 10.1 Å². The van der Waals surface area contributed by atoms with Gasteiger partial charge in [-0.25, -0.2) is 4.68 Å². The number of anilines is 1. The topological polar surface area (TPSA) is 82.2 Å². The monoisotopic (exact) mass is 304 g/mol. The van der Waals surface area contributed by atoms with Crippen LogP contribution in [0.5, 0.6) is 5.88 Å². The number of aryl methyl sites for hydroxylation is 3. The highest BCUT2D eigenvalue weighted by Crippen LogP contribution is 2.28. The van der Waals surface area contributed by atoms with Crippen molar-refractivity contribution >= 4 is 11.4 Å². The molecule has 0 saturated heterocycles. The average Bonchev–Trinajstić information content (AvgIpc) is 2.80. The van der Waals surface area contributed by atoms with Crippen LogP contribution in [0.2, 0.25) is 0 Å². The summed E-state index contributed by atoms with van der Waals surface area (Å²) in [6.45, 7) is 4.26. The van der Waals surface area contributed by atoms with Crippen LogP contribution in [0.4, 0.5) is 11.4 Å². The van der Waals surface area contributed by atoms with Crippen molar-refractivity contribution in [3.05, 3.63) is 45.1 Å². The zero-order valence-electron chi connectivity index (χ0n) is 13.2. The van der Waals surface area contributed by atoms with Gasteiger partial charge in [0.15, 0.2) is 0 Å². The quantitative estimate of drug-likeness (QED) is 0.655. The first kappa shape index (κ1) is 15.8. The lowest BCUT2D eigenvalue weighted by Crippen LogP contribution is -2.05. The van der Waals surface area contributed by atoms with Gasteiger partial charge >= 0.3 is 0 Å². The summed E-state index contributed by atoms with van der Waals surface area (Å²) in [7, 11) is 3.41. The van der Waals surface area contributed by atoms with Gasteiger partial charge in [0, 0.05) is 19.7 Å². The van der Waals surface area contributed by atoms with E-state index in [0.29, 0.717) is 18.1 Å². The maximum Gasteiger partial charge on any atom is 0.292 e. The zero-order chi connectivity index (χ0) is 16.3. The molecule has 0 bridgehead atoms. The lowest BCUT2D eigenvalue weighted by atomic mass is 10.1.